The van der Waals surface area contributed by atoms with Gasteiger partial charge >= 0.3 is 0 Å². The van der Waals surface area contributed by atoms with Crippen LogP contribution in [0.3, 0.4) is 0 Å². The lowest BCUT2D eigenvalue weighted by molar-refractivity contribution is 0.669. The van der Waals surface area contributed by atoms with Crippen LogP contribution in [-0.4, -0.2) is 19.9 Å². The molecule has 0 atom stereocenters. The summed E-state index contributed by atoms with van der Waals surface area (Å²) in [5, 5.41) is 5.81. The third-order valence-electron chi connectivity index (χ3n) is 11.4. The third kappa shape index (κ3) is 5.76. The van der Waals surface area contributed by atoms with Crippen molar-refractivity contribution in [3.63, 3.8) is 0 Å². The van der Waals surface area contributed by atoms with Gasteiger partial charge in [-0.2, -0.15) is 0 Å². The lowest BCUT2D eigenvalue weighted by Crippen LogP contribution is -2.00. The van der Waals surface area contributed by atoms with Crippen LogP contribution in [0.5, 0.6) is 0 Å². The van der Waals surface area contributed by atoms with Gasteiger partial charge in [0, 0.05) is 59.4 Å². The van der Waals surface area contributed by atoms with E-state index in [-0.39, 0.29) is 0 Å². The van der Waals surface area contributed by atoms with E-state index in [4.69, 9.17) is 24.4 Å². The maximum Gasteiger partial charge on any atom is 0.164 e. The summed E-state index contributed by atoms with van der Waals surface area (Å²) < 4.78 is 8.73. The van der Waals surface area contributed by atoms with Crippen molar-refractivity contribution in [1.82, 2.24) is 19.9 Å². The molecule has 8 aromatic carbocycles. The normalized spacial score (nSPS) is 11.7. The van der Waals surface area contributed by atoms with E-state index in [0.717, 1.165) is 82.2 Å². The molecule has 0 spiro atoms. The number of furan rings is 1. The number of nitrogens with zero attached hydrogens (tertiary/aromatic N) is 4. The largest absolute Gasteiger partial charge is 0.456 e. The van der Waals surface area contributed by atoms with Gasteiger partial charge in [-0.05, 0) is 41.0 Å². The van der Waals surface area contributed by atoms with Crippen molar-refractivity contribution in [2.24, 2.45) is 0 Å². The van der Waals surface area contributed by atoms with Gasteiger partial charge in [-0.1, -0.05) is 170 Å². The molecule has 60 heavy (non-hydrogen) atoms. The van der Waals surface area contributed by atoms with Crippen molar-refractivity contribution in [1.29, 1.82) is 0 Å². The minimum absolute atomic E-state index is 0.610. The zero-order chi connectivity index (χ0) is 39.6. The van der Waals surface area contributed by atoms with Crippen LogP contribution in [-0.2, 0) is 0 Å². The quantitative estimate of drug-likeness (QED) is 0.168. The minimum atomic E-state index is 0.610. The summed E-state index contributed by atoms with van der Waals surface area (Å²) in [6.07, 6.45) is 0. The van der Waals surface area contributed by atoms with Crippen molar-refractivity contribution in [2.45, 2.75) is 0 Å². The molecule has 0 saturated heterocycles. The number of pyridine rings is 1. The topological polar surface area (TPSA) is 64.7 Å². The molecular formula is C54H32N4OS. The highest BCUT2D eigenvalue weighted by molar-refractivity contribution is 7.26. The van der Waals surface area contributed by atoms with Crippen LogP contribution in [0.2, 0.25) is 0 Å². The summed E-state index contributed by atoms with van der Waals surface area (Å²) in [6.45, 7) is 0. The Bertz CT molecular complexity index is 3580. The minimum Gasteiger partial charge on any atom is -0.456 e. The third-order valence-corrected chi connectivity index (χ3v) is 12.5. The maximum atomic E-state index is 6.34. The van der Waals surface area contributed by atoms with Crippen LogP contribution in [0, 0.1) is 0 Å². The Morgan fingerprint density at radius 3 is 1.58 bits per heavy atom. The number of thiophene rings is 1. The van der Waals surface area contributed by atoms with Crippen LogP contribution in [0.1, 0.15) is 0 Å². The first-order chi connectivity index (χ1) is 29.7. The number of hydrogen-bond donors (Lipinski definition) is 0. The molecule has 12 rings (SSSR count). The molecule has 12 aromatic rings. The summed E-state index contributed by atoms with van der Waals surface area (Å²) in [5.74, 6) is 1.86. The number of rotatable bonds is 6. The van der Waals surface area contributed by atoms with Gasteiger partial charge < -0.3 is 4.42 Å². The molecule has 4 heterocycles. The van der Waals surface area contributed by atoms with Gasteiger partial charge in [0.05, 0.1) is 15.9 Å². The molecule has 0 amide bonds. The van der Waals surface area contributed by atoms with Crippen molar-refractivity contribution in [3.8, 4) is 67.7 Å². The van der Waals surface area contributed by atoms with E-state index < -0.39 is 0 Å². The molecule has 0 aliphatic heterocycles. The molecule has 0 aliphatic rings. The highest BCUT2D eigenvalue weighted by Gasteiger charge is 2.20. The Balaban J connectivity index is 0.994. The molecule has 4 aromatic heterocycles. The van der Waals surface area contributed by atoms with E-state index >= 15 is 0 Å². The summed E-state index contributed by atoms with van der Waals surface area (Å²) in [5.41, 5.74) is 11.9. The van der Waals surface area contributed by atoms with Crippen molar-refractivity contribution >= 4 is 64.4 Å². The number of benzene rings is 8. The van der Waals surface area contributed by atoms with Crippen LogP contribution < -0.4 is 0 Å². The molecule has 0 aliphatic carbocycles. The standard InChI is InChI=1S/C54H32N4OS/c1-3-12-33(13-4-1)34-22-26-37(27-23-34)53-56-52(36-14-5-2-6-15-36)57-54(58-53)38-28-24-35(25-29-38)49-51-48(43-17-8-10-21-47(43)60-51)44-19-11-18-40(50(44)55-49)39-30-31-42-41-16-7-9-20-45(41)59-46(42)32-39/h1-32H. The summed E-state index contributed by atoms with van der Waals surface area (Å²) in [4.78, 5) is 20.6. The SMILES string of the molecule is c1ccc(-c2ccc(-c3nc(-c4ccccc4)nc(-c4ccc(-c5nc6c(-c7ccc8c(c7)oc7ccccc78)cccc6c6c5sc5ccccc56)cc4)n3)cc2)cc1. The second kappa shape index (κ2) is 13.9. The maximum absolute atomic E-state index is 6.34. The fraction of sp³-hybridized carbons (Fsp3) is 0. The van der Waals surface area contributed by atoms with Crippen molar-refractivity contribution < 1.29 is 4.42 Å². The molecular weight excluding hydrogens is 753 g/mol. The first-order valence-corrected chi connectivity index (χ1v) is 20.8. The fourth-order valence-corrected chi connectivity index (χ4v) is 9.63. The Hall–Kier alpha value is -7.80. The molecule has 0 fully saturated rings. The number of aromatic nitrogens is 4. The van der Waals surface area contributed by atoms with E-state index in [9.17, 15) is 0 Å². The predicted octanol–water partition coefficient (Wildman–Crippen LogP) is 14.7. The highest BCUT2D eigenvalue weighted by atomic mass is 32.1. The summed E-state index contributed by atoms with van der Waals surface area (Å²) >= 11 is 1.79. The molecule has 5 nitrogen and oxygen atoms in total. The summed E-state index contributed by atoms with van der Waals surface area (Å²) in [6, 6.07) is 67.3. The Morgan fingerprint density at radius 1 is 0.350 bits per heavy atom. The second-order valence-electron chi connectivity index (χ2n) is 15.0. The molecule has 0 unspecified atom stereocenters. The van der Waals surface area contributed by atoms with Crippen LogP contribution >= 0.6 is 11.3 Å². The molecule has 0 saturated carbocycles. The summed E-state index contributed by atoms with van der Waals surface area (Å²) in [7, 11) is 0. The van der Waals surface area contributed by atoms with Gasteiger partial charge in [0.25, 0.3) is 0 Å². The first kappa shape index (κ1) is 34.3. The number of fused-ring (bicyclic) bond motifs is 8. The van der Waals surface area contributed by atoms with E-state index in [1.165, 1.54) is 21.0 Å². The van der Waals surface area contributed by atoms with Crippen LogP contribution in [0.15, 0.2) is 199 Å². The molecule has 0 radical (unpaired) electrons. The van der Waals surface area contributed by atoms with Gasteiger partial charge in [0.15, 0.2) is 17.5 Å². The molecule has 0 bridgehead atoms. The lowest BCUT2D eigenvalue weighted by Gasteiger charge is -2.12. The predicted molar refractivity (Wildman–Crippen MR) is 248 cm³/mol. The lowest BCUT2D eigenvalue weighted by atomic mass is 9.97. The number of para-hydroxylation sites is 2. The zero-order valence-electron chi connectivity index (χ0n) is 32.1. The van der Waals surface area contributed by atoms with Gasteiger partial charge in [-0.3, -0.25) is 0 Å². The highest BCUT2D eigenvalue weighted by Crippen LogP contribution is 2.45. The van der Waals surface area contributed by atoms with E-state index in [0.29, 0.717) is 17.5 Å². The second-order valence-corrected chi connectivity index (χ2v) is 16.0. The van der Waals surface area contributed by atoms with E-state index in [2.05, 4.69) is 146 Å². The fourth-order valence-electron chi connectivity index (χ4n) is 8.40. The average Bonchev–Trinajstić information content (AvgIpc) is 3.91. The molecule has 280 valence electrons. The monoisotopic (exact) mass is 784 g/mol. The van der Waals surface area contributed by atoms with E-state index in [1.54, 1.807) is 11.3 Å². The van der Waals surface area contributed by atoms with Crippen LogP contribution in [0.4, 0.5) is 0 Å². The Morgan fingerprint density at radius 2 is 0.867 bits per heavy atom. The Kier molecular flexibility index (Phi) is 7.96. The molecule has 0 N–H and O–H groups in total. The van der Waals surface area contributed by atoms with Crippen LogP contribution in [0.25, 0.3) is 121 Å². The van der Waals surface area contributed by atoms with Crippen molar-refractivity contribution in [2.75, 3.05) is 0 Å². The van der Waals surface area contributed by atoms with Gasteiger partial charge in [-0.15, -0.1) is 11.3 Å². The molecule has 6 heteroatoms. The Labute approximate surface area is 348 Å². The average molecular weight is 785 g/mol. The smallest absolute Gasteiger partial charge is 0.164 e. The number of hydrogen-bond acceptors (Lipinski definition) is 6. The van der Waals surface area contributed by atoms with Crippen molar-refractivity contribution in [3.05, 3.63) is 194 Å². The van der Waals surface area contributed by atoms with Gasteiger partial charge in [0.1, 0.15) is 11.2 Å². The van der Waals surface area contributed by atoms with E-state index in [1.807, 2.05) is 48.5 Å². The zero-order valence-corrected chi connectivity index (χ0v) is 32.9. The van der Waals surface area contributed by atoms with Gasteiger partial charge in [0.2, 0.25) is 0 Å². The van der Waals surface area contributed by atoms with Gasteiger partial charge in [-0.25, -0.2) is 19.9 Å². The first-order valence-electron chi connectivity index (χ1n) is 20.0.